The maximum absolute atomic E-state index is 12.4. The molecule has 0 bridgehead atoms. The van der Waals surface area contributed by atoms with Crippen LogP contribution in [0.2, 0.25) is 0 Å². The average molecular weight is 283 g/mol. The van der Waals surface area contributed by atoms with Gasteiger partial charge in [-0.2, -0.15) is 0 Å². The molecule has 110 valence electrons. The highest BCUT2D eigenvalue weighted by molar-refractivity contribution is 5.83. The molecule has 0 spiro atoms. The van der Waals surface area contributed by atoms with Crippen LogP contribution < -0.4 is 5.32 Å². The Labute approximate surface area is 125 Å². The summed E-state index contributed by atoms with van der Waals surface area (Å²) in [5, 5.41) is 12.4. The van der Waals surface area contributed by atoms with Crippen molar-refractivity contribution >= 4 is 5.91 Å². The minimum Gasteiger partial charge on any atom is -0.394 e. The van der Waals surface area contributed by atoms with Crippen molar-refractivity contribution in [3.63, 3.8) is 0 Å². The smallest absolute Gasteiger partial charge is 0.227 e. The number of aryl methyl sites for hydroxylation is 1. The molecule has 0 heterocycles. The fourth-order valence-corrected chi connectivity index (χ4v) is 2.31. The first-order chi connectivity index (χ1) is 10.1. The number of aliphatic hydroxyl groups is 1. The van der Waals surface area contributed by atoms with Gasteiger partial charge in [0, 0.05) is 0 Å². The Balaban J connectivity index is 2.09. The van der Waals surface area contributed by atoms with E-state index in [1.165, 1.54) is 0 Å². The van der Waals surface area contributed by atoms with Crippen LogP contribution >= 0.6 is 0 Å². The number of amides is 1. The molecule has 2 atom stereocenters. The molecule has 2 aromatic carbocycles. The van der Waals surface area contributed by atoms with Gasteiger partial charge in [0.2, 0.25) is 5.91 Å². The van der Waals surface area contributed by atoms with Gasteiger partial charge in [-0.25, -0.2) is 0 Å². The maximum atomic E-state index is 12.4. The van der Waals surface area contributed by atoms with Crippen molar-refractivity contribution in [3.8, 4) is 0 Å². The molecule has 2 unspecified atom stereocenters. The molecular formula is C18H21NO2. The Morgan fingerprint density at radius 3 is 2.38 bits per heavy atom. The van der Waals surface area contributed by atoms with Crippen molar-refractivity contribution in [3.05, 3.63) is 71.3 Å². The van der Waals surface area contributed by atoms with Crippen molar-refractivity contribution in [1.29, 1.82) is 0 Å². The van der Waals surface area contributed by atoms with Crippen LogP contribution in [0.5, 0.6) is 0 Å². The Bertz CT molecular complexity index is 595. The molecule has 0 aliphatic heterocycles. The number of hydrogen-bond donors (Lipinski definition) is 2. The van der Waals surface area contributed by atoms with E-state index in [1.807, 2.05) is 68.4 Å². The predicted octanol–water partition coefficient (Wildman–Crippen LogP) is 2.95. The molecular weight excluding hydrogens is 262 g/mol. The molecule has 0 saturated carbocycles. The summed E-state index contributed by atoms with van der Waals surface area (Å²) >= 11 is 0. The lowest BCUT2D eigenvalue weighted by atomic mass is 9.97. The molecule has 0 aromatic heterocycles. The largest absolute Gasteiger partial charge is 0.394 e. The predicted molar refractivity (Wildman–Crippen MR) is 84.0 cm³/mol. The van der Waals surface area contributed by atoms with Crippen molar-refractivity contribution in [2.24, 2.45) is 0 Å². The summed E-state index contributed by atoms with van der Waals surface area (Å²) in [5.41, 5.74) is 3.02. The Hall–Kier alpha value is -2.13. The maximum Gasteiger partial charge on any atom is 0.227 e. The monoisotopic (exact) mass is 283 g/mol. The van der Waals surface area contributed by atoms with Crippen LogP contribution in [0.1, 0.15) is 35.6 Å². The molecule has 0 fully saturated rings. The third kappa shape index (κ3) is 3.92. The van der Waals surface area contributed by atoms with Crippen LogP contribution in [0.25, 0.3) is 0 Å². The number of rotatable bonds is 5. The molecule has 2 aromatic rings. The van der Waals surface area contributed by atoms with Gasteiger partial charge in [-0.1, -0.05) is 60.2 Å². The molecule has 0 radical (unpaired) electrons. The van der Waals surface area contributed by atoms with E-state index in [0.29, 0.717) is 0 Å². The first-order valence-electron chi connectivity index (χ1n) is 7.14. The highest BCUT2D eigenvalue weighted by Gasteiger charge is 2.19. The van der Waals surface area contributed by atoms with Crippen molar-refractivity contribution < 1.29 is 9.90 Å². The molecule has 0 saturated heterocycles. The third-order valence-electron chi connectivity index (χ3n) is 3.64. The van der Waals surface area contributed by atoms with Crippen LogP contribution in [-0.2, 0) is 4.79 Å². The van der Waals surface area contributed by atoms with E-state index in [1.54, 1.807) is 0 Å². The first kappa shape index (κ1) is 15.3. The summed E-state index contributed by atoms with van der Waals surface area (Å²) in [4.78, 5) is 12.4. The second kappa shape index (κ2) is 7.04. The lowest BCUT2D eigenvalue weighted by molar-refractivity contribution is -0.123. The number of aliphatic hydroxyl groups excluding tert-OH is 1. The Morgan fingerprint density at radius 1 is 1.10 bits per heavy atom. The van der Waals surface area contributed by atoms with Gasteiger partial charge >= 0.3 is 0 Å². The van der Waals surface area contributed by atoms with Crippen molar-refractivity contribution in [2.45, 2.75) is 25.8 Å². The molecule has 1 amide bonds. The van der Waals surface area contributed by atoms with E-state index in [-0.39, 0.29) is 24.5 Å². The van der Waals surface area contributed by atoms with E-state index in [2.05, 4.69) is 5.32 Å². The number of nitrogens with one attached hydrogen (secondary N) is 1. The zero-order chi connectivity index (χ0) is 15.2. The minimum atomic E-state index is -0.369. The average Bonchev–Trinajstić information content (AvgIpc) is 2.52. The van der Waals surface area contributed by atoms with Gasteiger partial charge in [0.1, 0.15) is 0 Å². The van der Waals surface area contributed by atoms with Crippen LogP contribution in [0.15, 0.2) is 54.6 Å². The van der Waals surface area contributed by atoms with Gasteiger partial charge in [-0.3, -0.25) is 4.79 Å². The highest BCUT2D eigenvalue weighted by atomic mass is 16.3. The molecule has 2 N–H and O–H groups in total. The van der Waals surface area contributed by atoms with Crippen molar-refractivity contribution in [2.75, 3.05) is 6.61 Å². The lowest BCUT2D eigenvalue weighted by Gasteiger charge is -2.20. The molecule has 2 rings (SSSR count). The Morgan fingerprint density at radius 2 is 1.76 bits per heavy atom. The van der Waals surface area contributed by atoms with E-state index < -0.39 is 0 Å². The van der Waals surface area contributed by atoms with Crippen LogP contribution in [0, 0.1) is 6.92 Å². The van der Waals surface area contributed by atoms with E-state index >= 15 is 0 Å². The quantitative estimate of drug-likeness (QED) is 0.886. The summed E-state index contributed by atoms with van der Waals surface area (Å²) in [7, 11) is 0. The van der Waals surface area contributed by atoms with Crippen LogP contribution in [-0.4, -0.2) is 17.6 Å². The molecule has 0 aliphatic carbocycles. The number of benzene rings is 2. The van der Waals surface area contributed by atoms with Gasteiger partial charge in [-0.15, -0.1) is 0 Å². The highest BCUT2D eigenvalue weighted by Crippen LogP contribution is 2.19. The summed E-state index contributed by atoms with van der Waals surface area (Å²) in [6.07, 6.45) is 0. The molecule has 0 aliphatic rings. The van der Waals surface area contributed by atoms with Gasteiger partial charge in [-0.05, 0) is 25.0 Å². The van der Waals surface area contributed by atoms with Crippen molar-refractivity contribution in [1.82, 2.24) is 5.32 Å². The van der Waals surface area contributed by atoms with Crippen LogP contribution in [0.4, 0.5) is 0 Å². The standard InChI is InChI=1S/C18H21NO2/c1-13-7-6-10-16(11-13)14(2)18(21)19-17(12-20)15-8-4-3-5-9-15/h3-11,14,17,20H,12H2,1-2H3,(H,19,21). The first-order valence-corrected chi connectivity index (χ1v) is 7.14. The zero-order valence-electron chi connectivity index (χ0n) is 12.4. The molecule has 21 heavy (non-hydrogen) atoms. The van der Waals surface area contributed by atoms with Gasteiger partial charge in [0.25, 0.3) is 0 Å². The topological polar surface area (TPSA) is 49.3 Å². The number of carbonyl (C=O) groups excluding carboxylic acids is 1. The van der Waals surface area contributed by atoms with Gasteiger partial charge in [0.05, 0.1) is 18.6 Å². The fourth-order valence-electron chi connectivity index (χ4n) is 2.31. The van der Waals surface area contributed by atoms with Crippen LogP contribution in [0.3, 0.4) is 0 Å². The summed E-state index contributed by atoms with van der Waals surface area (Å²) < 4.78 is 0. The normalized spacial score (nSPS) is 13.5. The summed E-state index contributed by atoms with van der Waals surface area (Å²) in [6, 6.07) is 17.1. The van der Waals surface area contributed by atoms with E-state index in [4.69, 9.17) is 0 Å². The lowest BCUT2D eigenvalue weighted by Crippen LogP contribution is -2.33. The van der Waals surface area contributed by atoms with Gasteiger partial charge < -0.3 is 10.4 Å². The number of hydrogen-bond acceptors (Lipinski definition) is 2. The second-order valence-electron chi connectivity index (χ2n) is 5.29. The summed E-state index contributed by atoms with van der Waals surface area (Å²) in [6.45, 7) is 3.77. The third-order valence-corrected chi connectivity index (χ3v) is 3.64. The van der Waals surface area contributed by atoms with Gasteiger partial charge in [0.15, 0.2) is 0 Å². The Kier molecular flexibility index (Phi) is 5.12. The number of carbonyl (C=O) groups is 1. The SMILES string of the molecule is Cc1cccc(C(C)C(=O)NC(CO)c2ccccc2)c1. The fraction of sp³-hybridized carbons (Fsp3) is 0.278. The summed E-state index contributed by atoms with van der Waals surface area (Å²) in [5.74, 6) is -0.328. The van der Waals surface area contributed by atoms with E-state index in [9.17, 15) is 9.90 Å². The molecule has 3 nitrogen and oxygen atoms in total. The van der Waals surface area contributed by atoms with E-state index in [0.717, 1.165) is 16.7 Å². The second-order valence-corrected chi connectivity index (χ2v) is 5.29. The molecule has 3 heteroatoms. The zero-order valence-corrected chi connectivity index (χ0v) is 12.4. The minimum absolute atomic E-state index is 0.0801.